The van der Waals surface area contributed by atoms with E-state index in [0.29, 0.717) is 34.5 Å². The summed E-state index contributed by atoms with van der Waals surface area (Å²) in [6, 6.07) is 3.35. The maximum absolute atomic E-state index is 12.5. The van der Waals surface area contributed by atoms with Crippen LogP contribution in [0.15, 0.2) is 23.4 Å². The smallest absolute Gasteiger partial charge is 0.203 e. The molecule has 0 spiro atoms. The van der Waals surface area contributed by atoms with E-state index in [1.807, 2.05) is 30.9 Å². The second-order valence-electron chi connectivity index (χ2n) is 6.28. The van der Waals surface area contributed by atoms with Gasteiger partial charge in [0.05, 0.1) is 26.9 Å². The molecule has 1 N–H and O–H groups in total. The number of hydrogen-bond donors (Lipinski definition) is 1. The minimum atomic E-state index is -0.374. The van der Waals surface area contributed by atoms with E-state index in [1.165, 1.54) is 0 Å². The van der Waals surface area contributed by atoms with Gasteiger partial charge in [-0.25, -0.2) is 0 Å². The summed E-state index contributed by atoms with van der Waals surface area (Å²) in [7, 11) is 3.16. The zero-order valence-electron chi connectivity index (χ0n) is 16.8. The average Bonchev–Trinajstić information content (AvgIpc) is 2.64. The minimum Gasteiger partial charge on any atom is -0.493 e. The summed E-state index contributed by atoms with van der Waals surface area (Å²) in [6.07, 6.45) is 0.930. The summed E-state index contributed by atoms with van der Waals surface area (Å²) in [5.41, 5.74) is 2.39. The fourth-order valence-electron chi connectivity index (χ4n) is 3.33. The van der Waals surface area contributed by atoms with Crippen molar-refractivity contribution in [3.05, 3.63) is 29.0 Å². The Balaban J connectivity index is 2.61. The molecule has 2 rings (SSSR count). The van der Waals surface area contributed by atoms with Gasteiger partial charge in [0, 0.05) is 17.8 Å². The Labute approximate surface area is 166 Å². The third kappa shape index (κ3) is 4.18. The fourth-order valence-corrected chi connectivity index (χ4v) is 3.68. The van der Waals surface area contributed by atoms with Crippen LogP contribution in [0.2, 0.25) is 0 Å². The second kappa shape index (κ2) is 9.08. The van der Waals surface area contributed by atoms with Crippen LogP contribution in [0.5, 0.6) is 17.2 Å². The number of benzene rings is 1. The summed E-state index contributed by atoms with van der Waals surface area (Å²) >= 11 is 5.56. The number of rotatable bonds is 8. The number of nitrogens with zero attached hydrogens (tertiary/aromatic N) is 1. The van der Waals surface area contributed by atoms with Gasteiger partial charge in [-0.2, -0.15) is 0 Å². The van der Waals surface area contributed by atoms with Gasteiger partial charge in [-0.1, -0.05) is 6.92 Å². The van der Waals surface area contributed by atoms with Gasteiger partial charge in [0.2, 0.25) is 5.75 Å². The number of allylic oxidation sites excluding steroid dienone is 1. The van der Waals surface area contributed by atoms with Crippen molar-refractivity contribution in [2.24, 2.45) is 0 Å². The Hall–Kier alpha value is -2.28. The van der Waals surface area contributed by atoms with Crippen molar-refractivity contribution in [1.82, 2.24) is 10.2 Å². The monoisotopic (exact) mass is 392 g/mol. The molecule has 0 bridgehead atoms. The van der Waals surface area contributed by atoms with Crippen LogP contribution in [0.4, 0.5) is 0 Å². The highest BCUT2D eigenvalue weighted by Gasteiger charge is 2.33. The van der Waals surface area contributed by atoms with Crippen molar-refractivity contribution in [2.45, 2.75) is 40.2 Å². The number of methoxy groups -OCH3 is 2. The molecule has 0 saturated carbocycles. The number of carbonyl (C=O) groups is 1. The van der Waals surface area contributed by atoms with Crippen molar-refractivity contribution in [2.75, 3.05) is 27.4 Å². The standard InChI is InChI=1S/C20H28N2O4S/c1-7-9-22-12(3)17(13(4)23)18(21-20(22)27)14-10-15(24-5)19(26-8-2)16(11-14)25-6/h10-11,18H,7-9H2,1-6H3,(H,21,27). The molecule has 1 aliphatic heterocycles. The SMILES string of the molecule is CCCN1C(=S)NC(c2cc(OC)c(OCC)c(OC)c2)C(C(C)=O)=C1C. The zero-order valence-corrected chi connectivity index (χ0v) is 17.7. The first-order valence-electron chi connectivity index (χ1n) is 9.07. The van der Waals surface area contributed by atoms with E-state index in [9.17, 15) is 4.79 Å². The summed E-state index contributed by atoms with van der Waals surface area (Å²) in [5, 5.41) is 3.92. The lowest BCUT2D eigenvalue weighted by Gasteiger charge is -2.37. The highest BCUT2D eigenvalue weighted by Crippen LogP contribution is 2.42. The number of ketones is 1. The number of carbonyl (C=O) groups excluding carboxylic acids is 1. The molecule has 7 heteroatoms. The van der Waals surface area contributed by atoms with E-state index in [-0.39, 0.29) is 11.8 Å². The largest absolute Gasteiger partial charge is 0.493 e. The molecule has 0 amide bonds. The Kier molecular flexibility index (Phi) is 7.07. The number of nitrogens with one attached hydrogen (secondary N) is 1. The predicted octanol–water partition coefficient (Wildman–Crippen LogP) is 3.61. The molecule has 1 atom stereocenters. The van der Waals surface area contributed by atoms with Crippen LogP contribution in [0.25, 0.3) is 0 Å². The van der Waals surface area contributed by atoms with Crippen LogP contribution in [-0.4, -0.2) is 43.2 Å². The van der Waals surface area contributed by atoms with Crippen molar-refractivity contribution < 1.29 is 19.0 Å². The topological polar surface area (TPSA) is 60.0 Å². The summed E-state index contributed by atoms with van der Waals surface area (Å²) in [4.78, 5) is 14.5. The molecule has 0 aromatic heterocycles. The fraction of sp³-hybridized carbons (Fsp3) is 0.500. The average molecular weight is 393 g/mol. The first kappa shape index (κ1) is 21.0. The number of Topliss-reactive ketones (excluding diaryl/α,β-unsaturated/α-hetero) is 1. The van der Waals surface area contributed by atoms with E-state index in [0.717, 1.165) is 24.2 Å². The molecule has 148 valence electrons. The highest BCUT2D eigenvalue weighted by molar-refractivity contribution is 7.80. The molecule has 27 heavy (non-hydrogen) atoms. The quantitative estimate of drug-likeness (QED) is 0.678. The summed E-state index contributed by atoms with van der Waals surface area (Å²) < 4.78 is 16.7. The van der Waals surface area contributed by atoms with E-state index < -0.39 is 0 Å². The van der Waals surface area contributed by atoms with Crippen molar-refractivity contribution in [3.8, 4) is 17.2 Å². The molecule has 1 aromatic rings. The summed E-state index contributed by atoms with van der Waals surface area (Å²) in [6.45, 7) is 8.75. The highest BCUT2D eigenvalue weighted by atomic mass is 32.1. The van der Waals surface area contributed by atoms with Gasteiger partial charge in [-0.15, -0.1) is 0 Å². The van der Waals surface area contributed by atoms with Gasteiger partial charge in [-0.05, 0) is 57.1 Å². The molecular weight excluding hydrogens is 364 g/mol. The molecule has 1 aliphatic rings. The minimum absolute atomic E-state index is 0.000390. The molecule has 0 aliphatic carbocycles. The van der Waals surface area contributed by atoms with Gasteiger partial charge in [0.25, 0.3) is 0 Å². The van der Waals surface area contributed by atoms with E-state index in [2.05, 4.69) is 12.2 Å². The van der Waals surface area contributed by atoms with Crippen molar-refractivity contribution in [3.63, 3.8) is 0 Å². The van der Waals surface area contributed by atoms with Gasteiger partial charge in [0.15, 0.2) is 22.4 Å². The molecule has 0 fully saturated rings. The maximum atomic E-state index is 12.5. The van der Waals surface area contributed by atoms with Crippen molar-refractivity contribution in [1.29, 1.82) is 0 Å². The number of thiocarbonyl (C=S) groups is 1. The van der Waals surface area contributed by atoms with E-state index >= 15 is 0 Å². The second-order valence-corrected chi connectivity index (χ2v) is 6.66. The van der Waals surface area contributed by atoms with Crippen molar-refractivity contribution >= 4 is 23.1 Å². The van der Waals surface area contributed by atoms with Crippen LogP contribution in [0.3, 0.4) is 0 Å². The Morgan fingerprint density at radius 3 is 2.26 bits per heavy atom. The molecule has 0 radical (unpaired) electrons. The molecule has 1 aromatic carbocycles. The number of hydrogen-bond acceptors (Lipinski definition) is 5. The van der Waals surface area contributed by atoms with Crippen LogP contribution >= 0.6 is 12.2 Å². The van der Waals surface area contributed by atoms with Gasteiger partial charge >= 0.3 is 0 Å². The van der Waals surface area contributed by atoms with Crippen LogP contribution in [0.1, 0.15) is 45.7 Å². The van der Waals surface area contributed by atoms with Gasteiger partial charge < -0.3 is 24.4 Å². The van der Waals surface area contributed by atoms with Gasteiger partial charge in [0.1, 0.15) is 0 Å². The molecule has 1 heterocycles. The third-order valence-corrected chi connectivity index (χ3v) is 4.87. The molecule has 1 unspecified atom stereocenters. The Morgan fingerprint density at radius 1 is 1.22 bits per heavy atom. The summed E-state index contributed by atoms with van der Waals surface area (Å²) in [5.74, 6) is 1.65. The Bertz CT molecular complexity index is 735. The van der Waals surface area contributed by atoms with Gasteiger partial charge in [-0.3, -0.25) is 4.79 Å². The van der Waals surface area contributed by atoms with Crippen LogP contribution < -0.4 is 19.5 Å². The molecule has 0 saturated heterocycles. The Morgan fingerprint density at radius 2 is 1.81 bits per heavy atom. The predicted molar refractivity (Wildman–Crippen MR) is 110 cm³/mol. The van der Waals surface area contributed by atoms with Crippen LogP contribution in [0, 0.1) is 0 Å². The zero-order chi connectivity index (χ0) is 20.1. The molecule has 6 nitrogen and oxygen atoms in total. The first-order chi connectivity index (χ1) is 12.9. The maximum Gasteiger partial charge on any atom is 0.203 e. The van der Waals surface area contributed by atoms with Crippen LogP contribution in [-0.2, 0) is 4.79 Å². The number of ether oxygens (including phenoxy) is 3. The van der Waals surface area contributed by atoms with E-state index in [4.69, 9.17) is 26.4 Å². The molecular formula is C20H28N2O4S. The lowest BCUT2D eigenvalue weighted by Crippen LogP contribution is -2.47. The lowest BCUT2D eigenvalue weighted by atomic mass is 9.92. The lowest BCUT2D eigenvalue weighted by molar-refractivity contribution is -0.114. The first-order valence-corrected chi connectivity index (χ1v) is 9.48. The third-order valence-electron chi connectivity index (χ3n) is 4.53. The van der Waals surface area contributed by atoms with E-state index in [1.54, 1.807) is 21.1 Å². The normalized spacial score (nSPS) is 16.9.